The molecule has 0 heterocycles. The lowest BCUT2D eigenvalue weighted by atomic mass is 10.2. The molecule has 4 nitrogen and oxygen atoms in total. The summed E-state index contributed by atoms with van der Waals surface area (Å²) in [5, 5.41) is 2.86. The fourth-order valence-corrected chi connectivity index (χ4v) is 2.61. The highest BCUT2D eigenvalue weighted by molar-refractivity contribution is 5.96. The lowest BCUT2D eigenvalue weighted by molar-refractivity contribution is 0.0943. The molecule has 3 rings (SSSR count). The van der Waals surface area contributed by atoms with Crippen LogP contribution in [-0.2, 0) is 0 Å². The van der Waals surface area contributed by atoms with Crippen LogP contribution < -0.4 is 14.8 Å². The summed E-state index contributed by atoms with van der Waals surface area (Å²) >= 11 is 0. The van der Waals surface area contributed by atoms with Gasteiger partial charge in [-0.3, -0.25) is 4.79 Å². The smallest absolute Gasteiger partial charge is 0.255 e. The van der Waals surface area contributed by atoms with E-state index in [4.69, 9.17) is 9.47 Å². The van der Waals surface area contributed by atoms with Crippen LogP contribution in [0.4, 0.5) is 0 Å². The van der Waals surface area contributed by atoms with Crippen LogP contribution in [0.5, 0.6) is 11.5 Å². The average Bonchev–Trinajstić information content (AvgIpc) is 2.76. The number of amides is 1. The molecule has 0 radical (unpaired) electrons. The monoisotopic (exact) mass is 373 g/mol. The van der Waals surface area contributed by atoms with Gasteiger partial charge in [-0.15, -0.1) is 0 Å². The first-order chi connectivity index (χ1) is 13.8. The van der Waals surface area contributed by atoms with Crippen LogP contribution in [0.2, 0.25) is 0 Å². The van der Waals surface area contributed by atoms with Crippen LogP contribution in [0.1, 0.15) is 15.9 Å². The lowest BCUT2D eigenvalue weighted by Gasteiger charge is -2.11. The summed E-state index contributed by atoms with van der Waals surface area (Å²) in [7, 11) is 0. The highest BCUT2D eigenvalue weighted by atomic mass is 16.5. The third-order valence-corrected chi connectivity index (χ3v) is 3.98. The van der Waals surface area contributed by atoms with Gasteiger partial charge in [-0.1, -0.05) is 66.7 Å². The molecule has 0 aromatic heterocycles. The molecule has 0 aliphatic heterocycles. The molecule has 0 saturated heterocycles. The van der Waals surface area contributed by atoms with Gasteiger partial charge in [0, 0.05) is 0 Å². The van der Waals surface area contributed by atoms with Crippen molar-refractivity contribution in [2.45, 2.75) is 0 Å². The molecule has 0 saturated carbocycles. The van der Waals surface area contributed by atoms with Gasteiger partial charge in [0.15, 0.2) is 0 Å². The van der Waals surface area contributed by atoms with Crippen LogP contribution >= 0.6 is 0 Å². The van der Waals surface area contributed by atoms with Crippen LogP contribution in [0.25, 0.3) is 6.08 Å². The fourth-order valence-electron chi connectivity index (χ4n) is 2.61. The van der Waals surface area contributed by atoms with Gasteiger partial charge in [-0.2, -0.15) is 0 Å². The maximum absolute atomic E-state index is 12.5. The number of benzene rings is 3. The molecule has 0 bridgehead atoms. The molecule has 0 atom stereocenters. The molecule has 4 heteroatoms. The quantitative estimate of drug-likeness (QED) is 0.558. The van der Waals surface area contributed by atoms with Crippen molar-refractivity contribution in [3.63, 3.8) is 0 Å². The zero-order valence-electron chi connectivity index (χ0n) is 15.6. The Morgan fingerprint density at radius 1 is 0.821 bits per heavy atom. The Labute approximate surface area is 165 Å². The highest BCUT2D eigenvalue weighted by Gasteiger charge is 2.11. The normalized spacial score (nSPS) is 10.6. The van der Waals surface area contributed by atoms with E-state index in [9.17, 15) is 4.79 Å². The number of para-hydroxylation sites is 2. The number of nitrogens with one attached hydrogen (secondary N) is 1. The van der Waals surface area contributed by atoms with Crippen molar-refractivity contribution in [3.05, 3.63) is 102 Å². The zero-order valence-corrected chi connectivity index (χ0v) is 15.6. The van der Waals surface area contributed by atoms with Gasteiger partial charge >= 0.3 is 0 Å². The molecule has 142 valence electrons. The molecule has 0 spiro atoms. The number of ether oxygens (including phenoxy) is 2. The SMILES string of the molecule is O=C(NCCOc1ccccc1)c1ccccc1OC/C=C/c1ccccc1. The summed E-state index contributed by atoms with van der Waals surface area (Å²) < 4.78 is 11.4. The lowest BCUT2D eigenvalue weighted by Crippen LogP contribution is -2.28. The van der Waals surface area contributed by atoms with Gasteiger partial charge in [0.1, 0.15) is 24.7 Å². The number of carbonyl (C=O) groups excluding carboxylic acids is 1. The molecule has 3 aromatic carbocycles. The van der Waals surface area contributed by atoms with Crippen LogP contribution in [-0.4, -0.2) is 25.7 Å². The van der Waals surface area contributed by atoms with E-state index in [1.165, 1.54) is 0 Å². The molecule has 1 N–H and O–H groups in total. The summed E-state index contributed by atoms with van der Waals surface area (Å²) in [6, 6.07) is 26.7. The van der Waals surface area contributed by atoms with Gasteiger partial charge in [0.2, 0.25) is 0 Å². The first-order valence-electron chi connectivity index (χ1n) is 9.22. The third-order valence-electron chi connectivity index (χ3n) is 3.98. The molecule has 28 heavy (non-hydrogen) atoms. The molecule has 0 aliphatic rings. The van der Waals surface area contributed by atoms with Crippen LogP contribution in [0.15, 0.2) is 91.0 Å². The molecule has 0 fully saturated rings. The number of carbonyl (C=O) groups is 1. The van der Waals surface area contributed by atoms with Gasteiger partial charge in [-0.25, -0.2) is 0 Å². The first kappa shape index (κ1) is 19.2. The summed E-state index contributed by atoms with van der Waals surface area (Å²) in [6.07, 6.45) is 3.92. The molecular weight excluding hydrogens is 350 g/mol. The Hall–Kier alpha value is -3.53. The van der Waals surface area contributed by atoms with E-state index in [1.807, 2.05) is 84.9 Å². The minimum Gasteiger partial charge on any atom is -0.492 e. The topological polar surface area (TPSA) is 47.6 Å². The van der Waals surface area contributed by atoms with E-state index < -0.39 is 0 Å². The number of hydrogen-bond donors (Lipinski definition) is 1. The van der Waals surface area contributed by atoms with Crippen molar-refractivity contribution < 1.29 is 14.3 Å². The van der Waals surface area contributed by atoms with Crippen molar-refractivity contribution >= 4 is 12.0 Å². The Morgan fingerprint density at radius 3 is 2.29 bits per heavy atom. The first-order valence-corrected chi connectivity index (χ1v) is 9.22. The molecular formula is C24H23NO3. The van der Waals surface area contributed by atoms with Gasteiger partial charge in [-0.05, 0) is 35.9 Å². The van der Waals surface area contributed by atoms with Gasteiger partial charge in [0.05, 0.1) is 12.1 Å². The largest absolute Gasteiger partial charge is 0.492 e. The maximum Gasteiger partial charge on any atom is 0.255 e. The molecule has 0 aliphatic carbocycles. The summed E-state index contributed by atoms with van der Waals surface area (Å²) in [5.74, 6) is 1.16. The summed E-state index contributed by atoms with van der Waals surface area (Å²) in [5.41, 5.74) is 1.62. The predicted octanol–water partition coefficient (Wildman–Crippen LogP) is 4.59. The Balaban J connectivity index is 1.48. The van der Waals surface area contributed by atoms with Crippen LogP contribution in [0.3, 0.4) is 0 Å². The van der Waals surface area contributed by atoms with Crippen molar-refractivity contribution in [3.8, 4) is 11.5 Å². The predicted molar refractivity (Wildman–Crippen MR) is 112 cm³/mol. The van der Waals surface area contributed by atoms with E-state index in [0.717, 1.165) is 11.3 Å². The van der Waals surface area contributed by atoms with Gasteiger partial charge in [0.25, 0.3) is 5.91 Å². The number of hydrogen-bond acceptors (Lipinski definition) is 3. The van der Waals surface area contributed by atoms with Crippen molar-refractivity contribution in [2.75, 3.05) is 19.8 Å². The summed E-state index contributed by atoms with van der Waals surface area (Å²) in [6.45, 7) is 1.20. The second-order valence-electron chi connectivity index (χ2n) is 6.04. The van der Waals surface area contributed by atoms with Gasteiger partial charge < -0.3 is 14.8 Å². The molecule has 3 aromatic rings. The minimum atomic E-state index is -0.181. The standard InChI is InChI=1S/C24H23NO3/c26-24(25-17-19-27-21-13-5-2-6-14-21)22-15-7-8-16-23(22)28-18-9-12-20-10-3-1-4-11-20/h1-16H,17-19H2,(H,25,26)/b12-9+. The van der Waals surface area contributed by atoms with Crippen molar-refractivity contribution in [1.29, 1.82) is 0 Å². The Morgan fingerprint density at radius 2 is 1.50 bits per heavy atom. The third kappa shape index (κ3) is 6.02. The zero-order chi connectivity index (χ0) is 19.4. The Bertz CT molecular complexity index is 892. The van der Waals surface area contributed by atoms with E-state index in [0.29, 0.717) is 31.1 Å². The maximum atomic E-state index is 12.5. The fraction of sp³-hybridized carbons (Fsp3) is 0.125. The van der Waals surface area contributed by atoms with E-state index in [1.54, 1.807) is 12.1 Å². The minimum absolute atomic E-state index is 0.181. The van der Waals surface area contributed by atoms with E-state index >= 15 is 0 Å². The average molecular weight is 373 g/mol. The second-order valence-corrected chi connectivity index (χ2v) is 6.04. The molecule has 1 amide bonds. The van der Waals surface area contributed by atoms with Crippen LogP contribution in [0, 0.1) is 0 Å². The van der Waals surface area contributed by atoms with E-state index in [2.05, 4.69) is 5.32 Å². The highest BCUT2D eigenvalue weighted by Crippen LogP contribution is 2.18. The van der Waals surface area contributed by atoms with Crippen molar-refractivity contribution in [2.24, 2.45) is 0 Å². The molecule has 0 unspecified atom stereocenters. The second kappa shape index (κ2) is 10.6. The number of rotatable bonds is 9. The van der Waals surface area contributed by atoms with E-state index in [-0.39, 0.29) is 5.91 Å². The summed E-state index contributed by atoms with van der Waals surface area (Å²) in [4.78, 5) is 12.5. The Kier molecular flexibility index (Phi) is 7.27. The van der Waals surface area contributed by atoms with Crippen molar-refractivity contribution in [1.82, 2.24) is 5.32 Å².